The molecule has 0 aromatic heterocycles. The molecule has 5 heteroatoms. The van der Waals surface area contributed by atoms with Crippen LogP contribution in [-0.2, 0) is 14.2 Å². The summed E-state index contributed by atoms with van der Waals surface area (Å²) in [5.41, 5.74) is 0. The Morgan fingerprint density at radius 1 is 1.38 bits per heavy atom. The second-order valence-corrected chi connectivity index (χ2v) is 4.99. The molecule has 94 valence electrons. The van der Waals surface area contributed by atoms with Gasteiger partial charge in [-0.3, -0.25) is 0 Å². The first-order chi connectivity index (χ1) is 7.47. The van der Waals surface area contributed by atoms with Gasteiger partial charge in [0.1, 0.15) is 13.2 Å². The fourth-order valence-corrected chi connectivity index (χ4v) is 1.85. The molecule has 0 amide bonds. The smallest absolute Gasteiger partial charge is 0.192 e. The molecule has 0 radical (unpaired) electrons. The molecule has 0 aromatic carbocycles. The molecule has 5 nitrogen and oxygen atoms in total. The number of rotatable bonds is 7. The third-order valence-electron chi connectivity index (χ3n) is 2.98. The Labute approximate surface area is 96.3 Å². The van der Waals surface area contributed by atoms with Crippen LogP contribution in [0.25, 0.3) is 0 Å². The molecule has 2 fully saturated rings. The molecule has 1 N–H and O–H groups in total. The summed E-state index contributed by atoms with van der Waals surface area (Å²) in [5.74, 6) is -1.35. The van der Waals surface area contributed by atoms with Crippen molar-refractivity contribution in [2.75, 3.05) is 33.9 Å². The van der Waals surface area contributed by atoms with E-state index in [0.717, 1.165) is 13.0 Å². The summed E-state index contributed by atoms with van der Waals surface area (Å²) < 4.78 is 16.2. The summed E-state index contributed by atoms with van der Waals surface area (Å²) in [7, 11) is 3.97. The van der Waals surface area contributed by atoms with Crippen LogP contribution in [0.4, 0.5) is 0 Å². The normalized spacial score (nSPS) is 38.8. The second-order valence-electron chi connectivity index (χ2n) is 4.99. The minimum absolute atomic E-state index is 0.0510. The van der Waals surface area contributed by atoms with Gasteiger partial charge >= 0.3 is 0 Å². The van der Waals surface area contributed by atoms with Gasteiger partial charge in [0.2, 0.25) is 0 Å². The Balaban J connectivity index is 1.86. The van der Waals surface area contributed by atoms with Gasteiger partial charge in [-0.25, -0.2) is 0 Å². The zero-order valence-corrected chi connectivity index (χ0v) is 10.2. The highest BCUT2D eigenvalue weighted by molar-refractivity contribution is 4.88. The average molecular weight is 231 g/mol. The molecule has 3 atom stereocenters. The van der Waals surface area contributed by atoms with E-state index in [9.17, 15) is 5.11 Å². The number of nitrogens with zero attached hydrogens (tertiary/aromatic N) is 1. The fraction of sp³-hybridized carbons (Fsp3) is 1.00. The summed E-state index contributed by atoms with van der Waals surface area (Å²) in [6, 6.07) is 0. The molecule has 16 heavy (non-hydrogen) atoms. The van der Waals surface area contributed by atoms with Crippen LogP contribution in [0.2, 0.25) is 0 Å². The molecule has 2 saturated heterocycles. The Morgan fingerprint density at radius 2 is 2.00 bits per heavy atom. The number of aliphatic hydroxyl groups is 1. The van der Waals surface area contributed by atoms with Gasteiger partial charge in [0.15, 0.2) is 11.6 Å². The van der Waals surface area contributed by atoms with E-state index >= 15 is 0 Å². The summed E-state index contributed by atoms with van der Waals surface area (Å²) in [5, 5.41) is 9.74. The monoisotopic (exact) mass is 231 g/mol. The summed E-state index contributed by atoms with van der Waals surface area (Å²) >= 11 is 0. The van der Waals surface area contributed by atoms with Crippen molar-refractivity contribution < 1.29 is 19.3 Å². The van der Waals surface area contributed by atoms with Gasteiger partial charge in [0.25, 0.3) is 0 Å². The Kier molecular flexibility index (Phi) is 3.25. The van der Waals surface area contributed by atoms with Gasteiger partial charge in [0.05, 0.1) is 6.10 Å². The van der Waals surface area contributed by atoms with Crippen LogP contribution >= 0.6 is 0 Å². The zero-order valence-electron chi connectivity index (χ0n) is 10.2. The van der Waals surface area contributed by atoms with Gasteiger partial charge in [0, 0.05) is 19.4 Å². The van der Waals surface area contributed by atoms with Crippen LogP contribution in [0.1, 0.15) is 19.8 Å². The van der Waals surface area contributed by atoms with E-state index in [1.54, 1.807) is 0 Å². The van der Waals surface area contributed by atoms with Crippen molar-refractivity contribution in [3.63, 3.8) is 0 Å². The van der Waals surface area contributed by atoms with E-state index < -0.39 is 11.6 Å². The SMILES string of the molecule is CCC1(O[C@@H](CN(C)C)CC2(O)CO2)CO1. The summed E-state index contributed by atoms with van der Waals surface area (Å²) in [6.45, 7) is 3.88. The third-order valence-corrected chi connectivity index (χ3v) is 2.98. The van der Waals surface area contributed by atoms with E-state index in [0.29, 0.717) is 19.6 Å². The lowest BCUT2D eigenvalue weighted by atomic mass is 10.1. The third kappa shape index (κ3) is 3.15. The standard InChI is InChI=1S/C11H21NO4/c1-4-11(8-15-11)16-9(6-12(2)3)5-10(13)7-14-10/h9,13H,4-8H2,1-3H3/t9-,10?,11?/m1/s1. The molecule has 2 unspecified atom stereocenters. The van der Waals surface area contributed by atoms with Crippen LogP contribution in [0.15, 0.2) is 0 Å². The lowest BCUT2D eigenvalue weighted by Gasteiger charge is -2.25. The minimum Gasteiger partial charge on any atom is -0.364 e. The predicted molar refractivity (Wildman–Crippen MR) is 57.9 cm³/mol. The molecular formula is C11H21NO4. The summed E-state index contributed by atoms with van der Waals surface area (Å²) in [4.78, 5) is 2.04. The van der Waals surface area contributed by atoms with Gasteiger partial charge in [-0.05, 0) is 14.1 Å². The van der Waals surface area contributed by atoms with Gasteiger partial charge in [-0.1, -0.05) is 6.92 Å². The fourth-order valence-electron chi connectivity index (χ4n) is 1.85. The highest BCUT2D eigenvalue weighted by Crippen LogP contribution is 2.37. The van der Waals surface area contributed by atoms with Crippen molar-refractivity contribution in [1.82, 2.24) is 4.90 Å². The number of hydrogen-bond donors (Lipinski definition) is 1. The minimum atomic E-state index is -0.954. The Hall–Kier alpha value is -0.200. The second kappa shape index (κ2) is 4.23. The topological polar surface area (TPSA) is 57.8 Å². The molecule has 2 rings (SSSR count). The highest BCUT2D eigenvalue weighted by Gasteiger charge is 2.50. The molecule has 0 saturated carbocycles. The zero-order chi connectivity index (χ0) is 11.8. The maximum Gasteiger partial charge on any atom is 0.192 e. The van der Waals surface area contributed by atoms with E-state index in [1.165, 1.54) is 0 Å². The average Bonchev–Trinajstić information content (AvgIpc) is 3.06. The highest BCUT2D eigenvalue weighted by atomic mass is 16.8. The largest absolute Gasteiger partial charge is 0.364 e. The van der Waals surface area contributed by atoms with E-state index in [-0.39, 0.29) is 6.10 Å². The van der Waals surface area contributed by atoms with E-state index in [2.05, 4.69) is 0 Å². The van der Waals surface area contributed by atoms with Crippen LogP contribution in [0.5, 0.6) is 0 Å². The molecule has 2 heterocycles. The van der Waals surface area contributed by atoms with E-state index in [4.69, 9.17) is 14.2 Å². The van der Waals surface area contributed by atoms with Gasteiger partial charge in [-0.15, -0.1) is 0 Å². The lowest BCUT2D eigenvalue weighted by Crippen LogP contribution is -2.36. The summed E-state index contributed by atoms with van der Waals surface area (Å²) in [6.07, 6.45) is 1.30. The van der Waals surface area contributed by atoms with Gasteiger partial charge < -0.3 is 24.2 Å². The van der Waals surface area contributed by atoms with Crippen molar-refractivity contribution in [3.05, 3.63) is 0 Å². The predicted octanol–water partition coefficient (Wildman–Crippen LogP) is 0.179. The first-order valence-electron chi connectivity index (χ1n) is 5.80. The van der Waals surface area contributed by atoms with Crippen molar-refractivity contribution in [3.8, 4) is 0 Å². The molecule has 0 bridgehead atoms. The van der Waals surface area contributed by atoms with Crippen LogP contribution in [0.3, 0.4) is 0 Å². The van der Waals surface area contributed by atoms with Crippen molar-refractivity contribution in [2.45, 2.75) is 37.4 Å². The maximum absolute atomic E-state index is 9.74. The number of epoxide rings is 2. The molecular weight excluding hydrogens is 210 g/mol. The maximum atomic E-state index is 9.74. The van der Waals surface area contributed by atoms with Crippen LogP contribution < -0.4 is 0 Å². The number of hydrogen-bond acceptors (Lipinski definition) is 5. The van der Waals surface area contributed by atoms with Crippen molar-refractivity contribution >= 4 is 0 Å². The molecule has 2 aliphatic rings. The first-order valence-corrected chi connectivity index (χ1v) is 5.80. The van der Waals surface area contributed by atoms with E-state index in [1.807, 2.05) is 25.9 Å². The van der Waals surface area contributed by atoms with Crippen molar-refractivity contribution in [1.29, 1.82) is 0 Å². The Morgan fingerprint density at radius 3 is 2.38 bits per heavy atom. The van der Waals surface area contributed by atoms with Crippen molar-refractivity contribution in [2.24, 2.45) is 0 Å². The molecule has 0 aromatic rings. The molecule has 0 aliphatic carbocycles. The lowest BCUT2D eigenvalue weighted by molar-refractivity contribution is -0.123. The Bertz CT molecular complexity index is 248. The first kappa shape index (κ1) is 12.3. The van der Waals surface area contributed by atoms with Crippen LogP contribution in [0, 0.1) is 0 Å². The quantitative estimate of drug-likeness (QED) is 0.633. The van der Waals surface area contributed by atoms with Crippen LogP contribution in [-0.4, -0.2) is 61.5 Å². The number of likely N-dealkylation sites (N-methyl/N-ethyl adjacent to an activating group) is 1. The molecule has 2 aliphatic heterocycles. The van der Waals surface area contributed by atoms with Gasteiger partial charge in [-0.2, -0.15) is 0 Å². The number of ether oxygens (including phenoxy) is 3. The molecule has 0 spiro atoms.